The topological polar surface area (TPSA) is 70.0 Å². The monoisotopic (exact) mass is 138 g/mol. The molecule has 0 unspecified atom stereocenters. The Balaban J connectivity index is 3.66. The minimum absolute atomic E-state index is 0.453. The maximum absolute atomic E-state index is 9.92. The molecule has 1 N–H and O–H groups in total. The van der Waals surface area contributed by atoms with Gasteiger partial charge in [-0.1, -0.05) is 0 Å². The van der Waals surface area contributed by atoms with Crippen molar-refractivity contribution in [1.29, 1.82) is 5.26 Å². The molecule has 0 heterocycles. The summed E-state index contributed by atoms with van der Waals surface area (Å²) in [5.74, 6) is 0. The molecule has 0 aliphatic heterocycles. The summed E-state index contributed by atoms with van der Waals surface area (Å²) in [4.78, 5) is 19.8. The van der Waals surface area contributed by atoms with Crippen molar-refractivity contribution in [2.45, 2.75) is 6.04 Å². The molecule has 0 radical (unpaired) electrons. The van der Waals surface area contributed by atoms with Crippen molar-refractivity contribution < 1.29 is 9.59 Å². The summed E-state index contributed by atoms with van der Waals surface area (Å²) in [6.07, 6.45) is 3.29. The highest BCUT2D eigenvalue weighted by molar-refractivity contribution is 5.82. The van der Waals surface area contributed by atoms with Gasteiger partial charge in [-0.2, -0.15) is 5.26 Å². The van der Waals surface area contributed by atoms with E-state index < -0.39 is 6.04 Å². The molecule has 4 heteroatoms. The van der Waals surface area contributed by atoms with Crippen LogP contribution in [0.2, 0.25) is 0 Å². The molecule has 0 aromatic rings. The van der Waals surface area contributed by atoms with E-state index in [0.29, 0.717) is 12.6 Å². The zero-order valence-electron chi connectivity index (χ0n) is 5.15. The van der Waals surface area contributed by atoms with E-state index in [0.717, 1.165) is 6.08 Å². The zero-order chi connectivity index (χ0) is 7.82. The third-order valence-corrected chi connectivity index (χ3v) is 0.740. The number of hydrogen-bond donors (Lipinski definition) is 1. The van der Waals surface area contributed by atoms with Crippen LogP contribution in [-0.2, 0) is 9.59 Å². The lowest BCUT2D eigenvalue weighted by Crippen LogP contribution is -2.26. The number of carbonyl (C=O) groups is 2. The Morgan fingerprint density at radius 3 is 2.40 bits per heavy atom. The largest absolute Gasteiger partial charge is 0.375 e. The zero-order valence-corrected chi connectivity index (χ0v) is 5.15. The van der Waals surface area contributed by atoms with E-state index in [9.17, 15) is 9.59 Å². The predicted octanol–water partition coefficient (Wildman–Crippen LogP) is -0.620. The molecule has 0 aliphatic carbocycles. The average Bonchev–Trinajstić information content (AvgIpc) is 1.99. The van der Waals surface area contributed by atoms with Crippen LogP contribution in [0.25, 0.3) is 0 Å². The van der Waals surface area contributed by atoms with E-state index >= 15 is 0 Å². The molecule has 0 saturated heterocycles. The van der Waals surface area contributed by atoms with Crippen LogP contribution in [-0.4, -0.2) is 18.6 Å². The van der Waals surface area contributed by atoms with Crippen molar-refractivity contribution in [2.75, 3.05) is 0 Å². The van der Waals surface area contributed by atoms with Crippen molar-refractivity contribution in [3.05, 3.63) is 12.3 Å². The van der Waals surface area contributed by atoms with E-state index in [1.165, 1.54) is 6.20 Å². The van der Waals surface area contributed by atoms with E-state index in [1.54, 1.807) is 6.07 Å². The van der Waals surface area contributed by atoms with Gasteiger partial charge in [0.1, 0.15) is 18.6 Å². The van der Waals surface area contributed by atoms with Gasteiger partial charge < -0.3 is 14.9 Å². The number of hydrogen-bond acceptors (Lipinski definition) is 4. The fourth-order valence-corrected chi connectivity index (χ4v) is 0.307. The highest BCUT2D eigenvalue weighted by Gasteiger charge is 1.97. The molecule has 0 spiro atoms. The number of aldehydes is 2. The van der Waals surface area contributed by atoms with Crippen LogP contribution in [0.15, 0.2) is 12.3 Å². The molecule has 0 aromatic carbocycles. The van der Waals surface area contributed by atoms with Crippen LogP contribution >= 0.6 is 0 Å². The Labute approximate surface area is 58.1 Å². The van der Waals surface area contributed by atoms with Crippen LogP contribution in [0, 0.1) is 11.3 Å². The summed E-state index contributed by atoms with van der Waals surface area (Å²) < 4.78 is 0. The van der Waals surface area contributed by atoms with Crippen LogP contribution < -0.4 is 5.32 Å². The fourth-order valence-electron chi connectivity index (χ4n) is 0.307. The number of rotatable bonds is 4. The summed E-state index contributed by atoms with van der Waals surface area (Å²) in [5, 5.41) is 10.4. The van der Waals surface area contributed by atoms with Gasteiger partial charge in [0.15, 0.2) is 0 Å². The molecule has 0 aromatic heterocycles. The third kappa shape index (κ3) is 3.38. The standard InChI is InChI=1S/C6H6N2O2/c7-2-1-3-8-6(4-9)5-10/h1,3-6,8H/b3-1+. The van der Waals surface area contributed by atoms with Gasteiger partial charge in [-0.15, -0.1) is 0 Å². The second kappa shape index (κ2) is 5.51. The van der Waals surface area contributed by atoms with Crippen LogP contribution in [0.1, 0.15) is 0 Å². The molecule has 0 fully saturated rings. The predicted molar refractivity (Wildman–Crippen MR) is 33.8 cm³/mol. The summed E-state index contributed by atoms with van der Waals surface area (Å²) in [7, 11) is 0. The number of nitriles is 1. The van der Waals surface area contributed by atoms with Crippen LogP contribution in [0.5, 0.6) is 0 Å². The Bertz CT molecular complexity index is 173. The molecule has 0 aliphatic rings. The number of carbonyl (C=O) groups excluding carboxylic acids is 2. The molecule has 10 heavy (non-hydrogen) atoms. The quantitative estimate of drug-likeness (QED) is 0.319. The van der Waals surface area contributed by atoms with E-state index in [4.69, 9.17) is 5.26 Å². The summed E-state index contributed by atoms with van der Waals surface area (Å²) in [6, 6.07) is 0.853. The van der Waals surface area contributed by atoms with Gasteiger partial charge in [0.2, 0.25) is 0 Å². The van der Waals surface area contributed by atoms with Crippen molar-refractivity contribution >= 4 is 12.6 Å². The number of nitrogens with zero attached hydrogens (tertiary/aromatic N) is 1. The minimum Gasteiger partial charge on any atom is -0.375 e. The second-order valence-electron chi connectivity index (χ2n) is 1.43. The van der Waals surface area contributed by atoms with Gasteiger partial charge in [0, 0.05) is 12.3 Å². The molecule has 0 atom stereocenters. The van der Waals surface area contributed by atoms with Gasteiger partial charge in [0.25, 0.3) is 0 Å². The van der Waals surface area contributed by atoms with E-state index in [-0.39, 0.29) is 0 Å². The number of nitrogens with one attached hydrogen (secondary N) is 1. The molecule has 0 rings (SSSR count). The maximum atomic E-state index is 9.92. The SMILES string of the molecule is N#C/C=C/NC(C=O)C=O. The lowest BCUT2D eigenvalue weighted by Gasteiger charge is -1.97. The first-order chi connectivity index (χ1) is 4.85. The normalized spacial score (nSPS) is 9.20. The van der Waals surface area contributed by atoms with Crippen LogP contribution in [0.4, 0.5) is 0 Å². The summed E-state index contributed by atoms with van der Waals surface area (Å²) in [6.45, 7) is 0. The van der Waals surface area contributed by atoms with Gasteiger partial charge in [0.05, 0.1) is 6.07 Å². The second-order valence-corrected chi connectivity index (χ2v) is 1.43. The van der Waals surface area contributed by atoms with Crippen molar-refractivity contribution in [3.63, 3.8) is 0 Å². The van der Waals surface area contributed by atoms with Crippen LogP contribution in [0.3, 0.4) is 0 Å². The Hall–Kier alpha value is -1.63. The molecule has 52 valence electrons. The minimum atomic E-state index is -0.843. The first-order valence-corrected chi connectivity index (χ1v) is 2.56. The Morgan fingerprint density at radius 1 is 1.40 bits per heavy atom. The molecule has 0 amide bonds. The molecule has 0 bridgehead atoms. The molecule has 4 nitrogen and oxygen atoms in total. The van der Waals surface area contributed by atoms with Gasteiger partial charge in [-0.25, -0.2) is 0 Å². The smallest absolute Gasteiger partial charge is 0.149 e. The Kier molecular flexibility index (Phi) is 4.61. The summed E-state index contributed by atoms with van der Waals surface area (Å²) in [5.41, 5.74) is 0. The average molecular weight is 138 g/mol. The fraction of sp³-hybridized carbons (Fsp3) is 0.167. The molecular weight excluding hydrogens is 132 g/mol. The van der Waals surface area contributed by atoms with E-state index in [1.807, 2.05) is 0 Å². The number of allylic oxidation sites excluding steroid dienone is 1. The van der Waals surface area contributed by atoms with Crippen molar-refractivity contribution in [2.24, 2.45) is 0 Å². The Morgan fingerprint density at radius 2 is 2.00 bits per heavy atom. The van der Waals surface area contributed by atoms with Gasteiger partial charge in [-0.05, 0) is 0 Å². The lowest BCUT2D eigenvalue weighted by atomic mass is 10.4. The van der Waals surface area contributed by atoms with Gasteiger partial charge in [-0.3, -0.25) is 0 Å². The highest BCUT2D eigenvalue weighted by Crippen LogP contribution is 1.70. The summed E-state index contributed by atoms with van der Waals surface area (Å²) >= 11 is 0. The maximum Gasteiger partial charge on any atom is 0.149 e. The lowest BCUT2D eigenvalue weighted by molar-refractivity contribution is -0.116. The van der Waals surface area contributed by atoms with Crippen molar-refractivity contribution in [3.8, 4) is 6.07 Å². The molecule has 0 saturated carbocycles. The third-order valence-electron chi connectivity index (χ3n) is 0.740. The molecular formula is C6H6N2O2. The first-order valence-electron chi connectivity index (χ1n) is 2.56. The first kappa shape index (κ1) is 8.37. The van der Waals surface area contributed by atoms with E-state index in [2.05, 4.69) is 5.32 Å². The highest BCUT2D eigenvalue weighted by atomic mass is 16.1. The van der Waals surface area contributed by atoms with Gasteiger partial charge >= 0.3 is 0 Å². The van der Waals surface area contributed by atoms with Crippen molar-refractivity contribution in [1.82, 2.24) is 5.32 Å².